The van der Waals surface area contributed by atoms with Crippen LogP contribution in [-0.4, -0.2) is 30.9 Å². The van der Waals surface area contributed by atoms with Crippen LogP contribution in [-0.2, 0) is 24.6 Å². The molecular formula is C21H21NO5. The fourth-order valence-corrected chi connectivity index (χ4v) is 3.45. The van der Waals surface area contributed by atoms with Gasteiger partial charge in [-0.3, -0.25) is 14.4 Å². The Morgan fingerprint density at radius 3 is 2.04 bits per heavy atom. The van der Waals surface area contributed by atoms with E-state index in [4.69, 9.17) is 9.47 Å². The molecule has 0 amide bonds. The van der Waals surface area contributed by atoms with Crippen molar-refractivity contribution in [1.29, 1.82) is 0 Å². The number of esters is 2. The van der Waals surface area contributed by atoms with Crippen LogP contribution in [0.25, 0.3) is 0 Å². The van der Waals surface area contributed by atoms with E-state index in [0.29, 0.717) is 16.8 Å². The maximum absolute atomic E-state index is 13.5. The Hall–Kier alpha value is -3.15. The molecule has 1 aliphatic rings. The first kappa shape index (κ1) is 18.6. The maximum atomic E-state index is 13.5. The van der Waals surface area contributed by atoms with Crippen molar-refractivity contribution in [3.63, 3.8) is 0 Å². The van der Waals surface area contributed by atoms with E-state index in [1.165, 1.54) is 0 Å². The van der Waals surface area contributed by atoms with Crippen LogP contribution >= 0.6 is 0 Å². The third-order valence-corrected chi connectivity index (χ3v) is 4.57. The first-order chi connectivity index (χ1) is 13.1. The number of rotatable bonds is 6. The van der Waals surface area contributed by atoms with Crippen molar-refractivity contribution in [3.05, 3.63) is 65.7 Å². The molecule has 2 aromatic rings. The summed E-state index contributed by atoms with van der Waals surface area (Å²) in [6.45, 7) is 3.46. The van der Waals surface area contributed by atoms with Crippen LogP contribution in [0.5, 0.6) is 0 Å². The standard InChI is InChI=1S/C21H21NO5/c1-3-26-19(24)17(20(25)27-4-2)21(14-10-6-5-7-11-14)18(23)15-12-8-9-13-16(15)22-21/h5-13,17,22H,3-4H2,1-2H3. The molecule has 1 aliphatic heterocycles. The zero-order valence-corrected chi connectivity index (χ0v) is 15.2. The second-order valence-electron chi connectivity index (χ2n) is 6.11. The summed E-state index contributed by atoms with van der Waals surface area (Å²) >= 11 is 0. The number of para-hydroxylation sites is 1. The highest BCUT2D eigenvalue weighted by atomic mass is 16.6. The normalized spacial score (nSPS) is 18.0. The number of benzene rings is 2. The minimum Gasteiger partial charge on any atom is -0.465 e. The van der Waals surface area contributed by atoms with Crippen molar-refractivity contribution < 1.29 is 23.9 Å². The second kappa shape index (κ2) is 7.61. The fraction of sp³-hybridized carbons (Fsp3) is 0.286. The van der Waals surface area contributed by atoms with Gasteiger partial charge in [0.25, 0.3) is 0 Å². The lowest BCUT2D eigenvalue weighted by molar-refractivity contribution is -0.164. The van der Waals surface area contributed by atoms with Gasteiger partial charge in [0.2, 0.25) is 0 Å². The van der Waals surface area contributed by atoms with E-state index in [0.717, 1.165) is 0 Å². The largest absolute Gasteiger partial charge is 0.465 e. The molecule has 0 spiro atoms. The summed E-state index contributed by atoms with van der Waals surface area (Å²) in [6, 6.07) is 15.7. The molecule has 1 unspecified atom stereocenters. The summed E-state index contributed by atoms with van der Waals surface area (Å²) in [5, 5.41) is 3.14. The predicted octanol–water partition coefficient (Wildman–Crippen LogP) is 2.93. The molecule has 0 aromatic heterocycles. The van der Waals surface area contributed by atoms with Gasteiger partial charge < -0.3 is 14.8 Å². The van der Waals surface area contributed by atoms with E-state index < -0.39 is 23.4 Å². The Morgan fingerprint density at radius 1 is 0.926 bits per heavy atom. The highest BCUT2D eigenvalue weighted by Crippen LogP contribution is 2.45. The Bertz CT molecular complexity index is 846. The van der Waals surface area contributed by atoms with Gasteiger partial charge in [-0.1, -0.05) is 42.5 Å². The number of nitrogens with one attached hydrogen (secondary N) is 1. The highest BCUT2D eigenvalue weighted by molar-refractivity contribution is 6.18. The van der Waals surface area contributed by atoms with Gasteiger partial charge in [-0.05, 0) is 31.5 Å². The number of anilines is 1. The van der Waals surface area contributed by atoms with Crippen molar-refractivity contribution in [2.24, 2.45) is 5.92 Å². The van der Waals surface area contributed by atoms with E-state index in [2.05, 4.69) is 5.32 Å². The van der Waals surface area contributed by atoms with Crippen molar-refractivity contribution in [1.82, 2.24) is 0 Å². The van der Waals surface area contributed by atoms with Gasteiger partial charge >= 0.3 is 11.9 Å². The number of fused-ring (bicyclic) bond motifs is 1. The minimum atomic E-state index is -1.62. The van der Waals surface area contributed by atoms with Crippen LogP contribution in [0.15, 0.2) is 54.6 Å². The van der Waals surface area contributed by atoms with Crippen LogP contribution in [0.4, 0.5) is 5.69 Å². The highest BCUT2D eigenvalue weighted by Gasteiger charge is 2.59. The van der Waals surface area contributed by atoms with Crippen LogP contribution in [0.2, 0.25) is 0 Å². The van der Waals surface area contributed by atoms with Crippen molar-refractivity contribution in [2.75, 3.05) is 18.5 Å². The van der Waals surface area contributed by atoms with E-state index >= 15 is 0 Å². The fourth-order valence-electron chi connectivity index (χ4n) is 3.45. The summed E-state index contributed by atoms with van der Waals surface area (Å²) in [6.07, 6.45) is 0. The van der Waals surface area contributed by atoms with Crippen LogP contribution in [0, 0.1) is 5.92 Å². The molecule has 2 aromatic carbocycles. The van der Waals surface area contributed by atoms with Crippen molar-refractivity contribution in [3.8, 4) is 0 Å². The first-order valence-electron chi connectivity index (χ1n) is 8.87. The number of hydrogen-bond acceptors (Lipinski definition) is 6. The van der Waals surface area contributed by atoms with Crippen LogP contribution in [0.1, 0.15) is 29.8 Å². The third-order valence-electron chi connectivity index (χ3n) is 4.57. The number of carbonyl (C=O) groups excluding carboxylic acids is 3. The molecule has 1 atom stereocenters. The van der Waals surface area contributed by atoms with Crippen molar-refractivity contribution in [2.45, 2.75) is 19.4 Å². The summed E-state index contributed by atoms with van der Waals surface area (Å²) < 4.78 is 10.3. The lowest BCUT2D eigenvalue weighted by Gasteiger charge is -2.34. The van der Waals surface area contributed by atoms with Crippen LogP contribution in [0.3, 0.4) is 0 Å². The van der Waals surface area contributed by atoms with Gasteiger partial charge in [0.05, 0.1) is 13.2 Å². The molecule has 27 heavy (non-hydrogen) atoms. The molecule has 1 heterocycles. The van der Waals surface area contributed by atoms with E-state index in [9.17, 15) is 14.4 Å². The molecule has 3 rings (SSSR count). The molecule has 1 N–H and O–H groups in total. The third kappa shape index (κ3) is 3.07. The monoisotopic (exact) mass is 367 g/mol. The lowest BCUT2D eigenvalue weighted by atomic mass is 9.75. The molecule has 0 fully saturated rings. The summed E-state index contributed by atoms with van der Waals surface area (Å²) in [5.41, 5.74) is -0.147. The molecule has 6 nitrogen and oxygen atoms in total. The SMILES string of the molecule is CCOC(=O)C(C(=O)OCC)C1(c2ccccc2)Nc2ccccc2C1=O. The molecule has 0 saturated heterocycles. The molecular weight excluding hydrogens is 346 g/mol. The van der Waals surface area contributed by atoms with E-state index in [-0.39, 0.29) is 19.0 Å². The Labute approximate surface area is 157 Å². The topological polar surface area (TPSA) is 81.7 Å². The Balaban J connectivity index is 2.22. The second-order valence-corrected chi connectivity index (χ2v) is 6.11. The number of ether oxygens (including phenoxy) is 2. The minimum absolute atomic E-state index is 0.0841. The predicted molar refractivity (Wildman–Crippen MR) is 99.3 cm³/mol. The van der Waals surface area contributed by atoms with Gasteiger partial charge in [0, 0.05) is 11.3 Å². The molecule has 140 valence electrons. The lowest BCUT2D eigenvalue weighted by Crippen LogP contribution is -2.53. The Kier molecular flexibility index (Phi) is 5.26. The average molecular weight is 367 g/mol. The van der Waals surface area contributed by atoms with Gasteiger partial charge in [0.15, 0.2) is 17.2 Å². The maximum Gasteiger partial charge on any atom is 0.323 e. The Morgan fingerprint density at radius 2 is 1.48 bits per heavy atom. The molecule has 0 aliphatic carbocycles. The summed E-state index contributed by atoms with van der Waals surface area (Å²) in [7, 11) is 0. The number of carbonyl (C=O) groups is 3. The van der Waals surface area contributed by atoms with Crippen LogP contribution < -0.4 is 5.32 Å². The van der Waals surface area contributed by atoms with Gasteiger partial charge in [-0.25, -0.2) is 0 Å². The summed E-state index contributed by atoms with van der Waals surface area (Å²) in [4.78, 5) is 39.1. The number of hydrogen-bond donors (Lipinski definition) is 1. The quantitative estimate of drug-likeness (QED) is 0.624. The molecule has 0 saturated carbocycles. The van der Waals surface area contributed by atoms with E-state index in [1.807, 2.05) is 0 Å². The molecule has 0 radical (unpaired) electrons. The average Bonchev–Trinajstić information content (AvgIpc) is 2.97. The number of Topliss-reactive ketones (excluding diaryl/α,β-unsaturated/α-hetero) is 1. The van der Waals surface area contributed by atoms with Crippen molar-refractivity contribution >= 4 is 23.4 Å². The zero-order valence-electron chi connectivity index (χ0n) is 15.2. The molecule has 6 heteroatoms. The van der Waals surface area contributed by atoms with Gasteiger partial charge in [-0.15, -0.1) is 0 Å². The smallest absolute Gasteiger partial charge is 0.323 e. The first-order valence-corrected chi connectivity index (χ1v) is 8.87. The zero-order chi connectivity index (χ0) is 19.4. The summed E-state index contributed by atoms with van der Waals surface area (Å²) in [5.74, 6) is -3.43. The molecule has 0 bridgehead atoms. The van der Waals surface area contributed by atoms with Gasteiger partial charge in [-0.2, -0.15) is 0 Å². The number of ketones is 1. The van der Waals surface area contributed by atoms with E-state index in [1.54, 1.807) is 68.4 Å². The van der Waals surface area contributed by atoms with Gasteiger partial charge in [0.1, 0.15) is 0 Å².